The van der Waals surface area contributed by atoms with Gasteiger partial charge in [0.05, 0.1) is 6.54 Å². The molecule has 1 aromatic rings. The van der Waals surface area contributed by atoms with Crippen LogP contribution in [-0.4, -0.2) is 74.2 Å². The molecule has 0 amide bonds. The summed E-state index contributed by atoms with van der Waals surface area (Å²) >= 11 is 1.82. The number of thiophene rings is 1. The van der Waals surface area contributed by atoms with Crippen molar-refractivity contribution in [1.82, 2.24) is 20.4 Å². The molecule has 2 rings (SSSR count). The molecule has 24 heavy (non-hydrogen) atoms. The lowest BCUT2D eigenvalue weighted by atomic mass is 10.2. The number of hydrogen-bond acceptors (Lipinski definition) is 4. The Bertz CT molecular complexity index is 466. The van der Waals surface area contributed by atoms with Crippen molar-refractivity contribution < 1.29 is 0 Å². The van der Waals surface area contributed by atoms with Crippen molar-refractivity contribution in [2.24, 2.45) is 4.99 Å². The van der Waals surface area contributed by atoms with Gasteiger partial charge in [-0.1, -0.05) is 13.0 Å². The lowest BCUT2D eigenvalue weighted by Crippen LogP contribution is -2.50. The lowest BCUT2D eigenvalue weighted by molar-refractivity contribution is 0.109. The van der Waals surface area contributed by atoms with Gasteiger partial charge in [-0.3, -0.25) is 9.89 Å². The Hall–Kier alpha value is -1.11. The number of hydrogen-bond donors (Lipinski definition) is 2. The van der Waals surface area contributed by atoms with Crippen LogP contribution in [0.2, 0.25) is 0 Å². The molecule has 1 unspecified atom stereocenters. The number of likely N-dealkylation sites (N-methyl/N-ethyl adjacent to an activating group) is 1. The zero-order valence-electron chi connectivity index (χ0n) is 15.4. The Morgan fingerprint density at radius 3 is 2.67 bits per heavy atom. The molecule has 2 N–H and O–H groups in total. The highest BCUT2D eigenvalue weighted by Gasteiger charge is 2.19. The number of nitrogens with one attached hydrogen (secondary N) is 2. The Kier molecular flexibility index (Phi) is 8.56. The van der Waals surface area contributed by atoms with E-state index >= 15 is 0 Å². The third-order valence-corrected chi connectivity index (χ3v) is 5.52. The van der Waals surface area contributed by atoms with E-state index in [1.807, 2.05) is 11.3 Å². The summed E-state index contributed by atoms with van der Waals surface area (Å²) in [6.07, 6.45) is 1.05. The maximum atomic E-state index is 4.79. The van der Waals surface area contributed by atoms with Gasteiger partial charge in [-0.05, 0) is 38.3 Å². The van der Waals surface area contributed by atoms with Crippen molar-refractivity contribution >= 4 is 17.3 Å². The Balaban J connectivity index is 1.74. The van der Waals surface area contributed by atoms with Gasteiger partial charge in [0.15, 0.2) is 5.96 Å². The summed E-state index contributed by atoms with van der Waals surface area (Å²) in [5, 5.41) is 8.94. The first-order valence-corrected chi connectivity index (χ1v) is 10.1. The molecule has 0 radical (unpaired) electrons. The summed E-state index contributed by atoms with van der Waals surface area (Å²) in [6.45, 7) is 15.2. The normalized spacial score (nSPS) is 18.5. The molecule has 0 bridgehead atoms. The summed E-state index contributed by atoms with van der Waals surface area (Å²) in [7, 11) is 0. The Morgan fingerprint density at radius 1 is 1.25 bits per heavy atom. The molecule has 2 heterocycles. The van der Waals surface area contributed by atoms with Crippen LogP contribution in [0.4, 0.5) is 0 Å². The first-order valence-electron chi connectivity index (χ1n) is 9.23. The van der Waals surface area contributed by atoms with Crippen molar-refractivity contribution in [2.45, 2.75) is 33.2 Å². The summed E-state index contributed by atoms with van der Waals surface area (Å²) in [4.78, 5) is 11.3. The second-order valence-electron chi connectivity index (χ2n) is 6.30. The van der Waals surface area contributed by atoms with E-state index < -0.39 is 0 Å². The largest absolute Gasteiger partial charge is 0.357 e. The molecule has 0 aliphatic carbocycles. The SMILES string of the molecule is CCNC(=NCC(C)N1CCN(CC)CC1)NCCc1cccs1. The molecule has 1 fully saturated rings. The van der Waals surface area contributed by atoms with Crippen molar-refractivity contribution in [3.8, 4) is 0 Å². The number of rotatable bonds is 8. The van der Waals surface area contributed by atoms with Gasteiger partial charge in [0, 0.05) is 50.2 Å². The van der Waals surface area contributed by atoms with Crippen LogP contribution in [0.15, 0.2) is 22.5 Å². The lowest BCUT2D eigenvalue weighted by Gasteiger charge is -2.37. The molecule has 136 valence electrons. The zero-order chi connectivity index (χ0) is 17.2. The smallest absolute Gasteiger partial charge is 0.191 e. The first-order chi connectivity index (χ1) is 11.7. The molecule has 0 saturated carbocycles. The van der Waals surface area contributed by atoms with Crippen LogP contribution in [0.25, 0.3) is 0 Å². The third kappa shape index (κ3) is 6.42. The van der Waals surface area contributed by atoms with E-state index in [1.54, 1.807) is 0 Å². The molecule has 6 heteroatoms. The molecule has 1 aliphatic heterocycles. The van der Waals surface area contributed by atoms with Crippen LogP contribution in [-0.2, 0) is 6.42 Å². The fourth-order valence-corrected chi connectivity index (χ4v) is 3.67. The quantitative estimate of drug-likeness (QED) is 0.554. The van der Waals surface area contributed by atoms with Crippen molar-refractivity contribution in [2.75, 3.05) is 52.4 Å². The van der Waals surface area contributed by atoms with Crippen molar-refractivity contribution in [1.29, 1.82) is 0 Å². The predicted molar refractivity (Wildman–Crippen MR) is 105 cm³/mol. The number of nitrogens with zero attached hydrogens (tertiary/aromatic N) is 3. The van der Waals surface area contributed by atoms with Gasteiger partial charge in [-0.15, -0.1) is 11.3 Å². The second-order valence-corrected chi connectivity index (χ2v) is 7.33. The maximum absolute atomic E-state index is 4.79. The monoisotopic (exact) mass is 351 g/mol. The highest BCUT2D eigenvalue weighted by Crippen LogP contribution is 2.08. The molecule has 5 nitrogen and oxygen atoms in total. The van der Waals surface area contributed by atoms with Crippen LogP contribution < -0.4 is 10.6 Å². The van der Waals surface area contributed by atoms with Crippen LogP contribution in [0.3, 0.4) is 0 Å². The van der Waals surface area contributed by atoms with Gasteiger partial charge in [0.2, 0.25) is 0 Å². The maximum Gasteiger partial charge on any atom is 0.191 e. The molecule has 1 saturated heterocycles. The molecular formula is C18H33N5S. The van der Waals surface area contributed by atoms with Gasteiger partial charge in [0.1, 0.15) is 0 Å². The zero-order valence-corrected chi connectivity index (χ0v) is 16.2. The van der Waals surface area contributed by atoms with Gasteiger partial charge in [-0.25, -0.2) is 0 Å². The van der Waals surface area contributed by atoms with Crippen LogP contribution >= 0.6 is 11.3 Å². The minimum atomic E-state index is 0.497. The summed E-state index contributed by atoms with van der Waals surface area (Å²) in [6, 6.07) is 4.80. The third-order valence-electron chi connectivity index (χ3n) is 4.58. The predicted octanol–water partition coefficient (Wildman–Crippen LogP) is 1.87. The van der Waals surface area contributed by atoms with Gasteiger partial charge >= 0.3 is 0 Å². The molecule has 1 aromatic heterocycles. The van der Waals surface area contributed by atoms with Gasteiger partial charge in [-0.2, -0.15) is 0 Å². The molecule has 1 aliphatic rings. The molecule has 1 atom stereocenters. The van der Waals surface area contributed by atoms with Gasteiger partial charge < -0.3 is 15.5 Å². The fraction of sp³-hybridized carbons (Fsp3) is 0.722. The standard InChI is InChI=1S/C18H33N5S/c1-4-19-18(20-9-8-17-7-6-14-24-17)21-15-16(3)23-12-10-22(5-2)11-13-23/h6-7,14,16H,4-5,8-13,15H2,1-3H3,(H2,19,20,21). The molecule has 0 spiro atoms. The number of aliphatic imine (C=N–C) groups is 1. The highest BCUT2D eigenvalue weighted by atomic mass is 32.1. The summed E-state index contributed by atoms with van der Waals surface area (Å²) in [5.41, 5.74) is 0. The van der Waals surface area contributed by atoms with E-state index in [0.717, 1.165) is 45.1 Å². The average molecular weight is 352 g/mol. The fourth-order valence-electron chi connectivity index (χ4n) is 2.96. The van der Waals surface area contributed by atoms with E-state index in [9.17, 15) is 0 Å². The van der Waals surface area contributed by atoms with E-state index in [0.29, 0.717) is 6.04 Å². The van der Waals surface area contributed by atoms with Crippen LogP contribution in [0, 0.1) is 0 Å². The van der Waals surface area contributed by atoms with E-state index in [-0.39, 0.29) is 0 Å². The minimum Gasteiger partial charge on any atom is -0.357 e. The highest BCUT2D eigenvalue weighted by molar-refractivity contribution is 7.09. The van der Waals surface area contributed by atoms with Gasteiger partial charge in [0.25, 0.3) is 0 Å². The van der Waals surface area contributed by atoms with E-state index in [4.69, 9.17) is 4.99 Å². The number of guanidine groups is 1. The minimum absolute atomic E-state index is 0.497. The Labute approximate surface area is 151 Å². The Morgan fingerprint density at radius 2 is 2.04 bits per heavy atom. The number of piperazine rings is 1. The summed E-state index contributed by atoms with van der Waals surface area (Å²) in [5.74, 6) is 0.938. The molecule has 0 aromatic carbocycles. The van der Waals surface area contributed by atoms with Crippen molar-refractivity contribution in [3.63, 3.8) is 0 Å². The van der Waals surface area contributed by atoms with Crippen LogP contribution in [0.1, 0.15) is 25.6 Å². The summed E-state index contributed by atoms with van der Waals surface area (Å²) < 4.78 is 0. The first kappa shape index (κ1) is 19.2. The van der Waals surface area contributed by atoms with Crippen LogP contribution in [0.5, 0.6) is 0 Å². The average Bonchev–Trinajstić information content (AvgIpc) is 3.13. The van der Waals surface area contributed by atoms with E-state index in [2.05, 4.69) is 58.7 Å². The van der Waals surface area contributed by atoms with E-state index in [1.165, 1.54) is 24.5 Å². The van der Waals surface area contributed by atoms with Crippen molar-refractivity contribution in [3.05, 3.63) is 22.4 Å². The molecular weight excluding hydrogens is 318 g/mol. The topological polar surface area (TPSA) is 42.9 Å². The second kappa shape index (κ2) is 10.7.